The molecule has 0 aromatic heterocycles. The summed E-state index contributed by atoms with van der Waals surface area (Å²) in [4.78, 5) is 0. The molecule has 0 heterocycles. The second-order valence-electron chi connectivity index (χ2n) is 4.09. The predicted octanol–water partition coefficient (Wildman–Crippen LogP) is 2.57. The molecule has 0 aliphatic carbocycles. The first-order valence-electron chi connectivity index (χ1n) is 4.69. The van der Waals surface area contributed by atoms with Crippen LogP contribution >= 0.6 is 0 Å². The van der Waals surface area contributed by atoms with E-state index in [4.69, 9.17) is 0 Å². The molecule has 0 aromatic carbocycles. The molecule has 0 amide bonds. The van der Waals surface area contributed by atoms with Crippen molar-refractivity contribution in [1.29, 1.82) is 0 Å². The fourth-order valence-electron chi connectivity index (χ4n) is 0.719. The summed E-state index contributed by atoms with van der Waals surface area (Å²) in [6, 6.07) is 0. The molecule has 0 aliphatic heterocycles. The molecule has 1 N–H and O–H groups in total. The summed E-state index contributed by atoms with van der Waals surface area (Å²) in [5.41, 5.74) is 5.47. The van der Waals surface area contributed by atoms with Crippen LogP contribution in [0.2, 0.25) is 19.6 Å². The third kappa shape index (κ3) is 9.70. The summed E-state index contributed by atoms with van der Waals surface area (Å²) in [7, 11) is -1.02. The Bertz CT molecular complexity index is 161. The first-order valence-corrected chi connectivity index (χ1v) is 8.27. The van der Waals surface area contributed by atoms with E-state index in [1.54, 1.807) is 0 Å². The van der Waals surface area contributed by atoms with Crippen molar-refractivity contribution in [3.8, 4) is 0 Å². The monoisotopic (exact) mass is 183 g/mol. The van der Waals surface area contributed by atoms with Crippen molar-refractivity contribution in [2.45, 2.75) is 33.0 Å². The van der Waals surface area contributed by atoms with Crippen molar-refractivity contribution in [2.75, 3.05) is 13.1 Å². The van der Waals surface area contributed by atoms with E-state index >= 15 is 0 Å². The largest absolute Gasteiger partial charge is 0.313 e. The third-order valence-electron chi connectivity index (χ3n) is 1.31. The van der Waals surface area contributed by atoms with E-state index in [2.05, 4.69) is 49.4 Å². The maximum Gasteiger partial charge on any atom is 0.0781 e. The highest BCUT2D eigenvalue weighted by Gasteiger charge is 2.05. The average Bonchev–Trinajstić information content (AvgIpc) is 1.94. The molecule has 0 unspecified atom stereocenters. The average molecular weight is 183 g/mol. The zero-order valence-electron chi connectivity index (χ0n) is 8.78. The highest BCUT2D eigenvalue weighted by atomic mass is 28.3. The molecule has 0 aliphatic rings. The van der Waals surface area contributed by atoms with Gasteiger partial charge in [0.15, 0.2) is 0 Å². The summed E-state index contributed by atoms with van der Waals surface area (Å²) in [6.45, 7) is 11.2. The third-order valence-corrected chi connectivity index (χ3v) is 2.34. The molecule has 0 saturated heterocycles. The number of hydrogen-bond acceptors (Lipinski definition) is 1. The smallest absolute Gasteiger partial charge is 0.0781 e. The van der Waals surface area contributed by atoms with Gasteiger partial charge in [-0.25, -0.2) is 0 Å². The lowest BCUT2D eigenvalue weighted by molar-refractivity contribution is 0.729. The summed E-state index contributed by atoms with van der Waals surface area (Å²) < 4.78 is 0. The van der Waals surface area contributed by atoms with Crippen LogP contribution < -0.4 is 5.32 Å². The Morgan fingerprint density at radius 3 is 2.50 bits per heavy atom. The minimum atomic E-state index is -1.02. The molecule has 1 nitrogen and oxygen atoms in total. The Morgan fingerprint density at radius 2 is 2.00 bits per heavy atom. The van der Waals surface area contributed by atoms with E-state index in [-0.39, 0.29) is 0 Å². The molecule has 0 bridgehead atoms. The van der Waals surface area contributed by atoms with Gasteiger partial charge in [0.05, 0.1) is 8.07 Å². The van der Waals surface area contributed by atoms with Crippen LogP contribution in [0.4, 0.5) is 0 Å². The van der Waals surface area contributed by atoms with E-state index < -0.39 is 8.07 Å². The summed E-state index contributed by atoms with van der Waals surface area (Å²) in [5.74, 6) is 0. The van der Waals surface area contributed by atoms with E-state index in [0.717, 1.165) is 13.1 Å². The molecule has 0 radical (unpaired) electrons. The van der Waals surface area contributed by atoms with Crippen molar-refractivity contribution in [2.24, 2.45) is 0 Å². The minimum absolute atomic E-state index is 0.953. The Labute approximate surface area is 77.6 Å². The molecular formula is C10H21NSi. The van der Waals surface area contributed by atoms with E-state index in [9.17, 15) is 0 Å². The van der Waals surface area contributed by atoms with E-state index in [0.29, 0.717) is 0 Å². The number of rotatable bonds is 5. The zero-order valence-corrected chi connectivity index (χ0v) is 9.78. The van der Waals surface area contributed by atoms with Gasteiger partial charge in [-0.3, -0.25) is 0 Å². The van der Waals surface area contributed by atoms with Crippen LogP contribution in [0.1, 0.15) is 13.3 Å². The maximum absolute atomic E-state index is 3.30. The molecule has 0 rings (SSSR count). The van der Waals surface area contributed by atoms with Crippen LogP contribution in [0.5, 0.6) is 0 Å². The molecule has 0 atom stereocenters. The van der Waals surface area contributed by atoms with Crippen LogP contribution in [0.15, 0.2) is 17.5 Å². The Morgan fingerprint density at radius 1 is 1.33 bits per heavy atom. The lowest BCUT2D eigenvalue weighted by atomic mass is 10.5. The maximum atomic E-state index is 3.30. The van der Waals surface area contributed by atoms with Gasteiger partial charge in [-0.2, -0.15) is 0 Å². The van der Waals surface area contributed by atoms with Gasteiger partial charge < -0.3 is 5.32 Å². The van der Waals surface area contributed by atoms with Gasteiger partial charge in [-0.1, -0.05) is 32.3 Å². The van der Waals surface area contributed by atoms with Gasteiger partial charge in [0.2, 0.25) is 0 Å². The van der Waals surface area contributed by atoms with E-state index in [1.165, 1.54) is 6.42 Å². The molecule has 70 valence electrons. The standard InChI is InChI=1S/C10H21NSi/c1-5-8-11-9-6-7-10-12(2,3)4/h6,10-11H,5,8-9H2,1-4H3. The molecule has 0 aromatic rings. The zero-order chi connectivity index (χ0) is 9.45. The van der Waals surface area contributed by atoms with Gasteiger partial charge in [-0.05, 0) is 19.0 Å². The Balaban J connectivity index is 3.55. The molecule has 0 spiro atoms. The highest BCUT2D eigenvalue weighted by molar-refractivity contribution is 6.80. The predicted molar refractivity (Wildman–Crippen MR) is 59.2 cm³/mol. The SMILES string of the molecule is CCCNCC=C=C[Si](C)(C)C. The van der Waals surface area contributed by atoms with Crippen molar-refractivity contribution >= 4 is 8.07 Å². The summed E-state index contributed by atoms with van der Waals surface area (Å²) in [5, 5.41) is 3.30. The first-order chi connectivity index (χ1) is 5.56. The summed E-state index contributed by atoms with van der Waals surface area (Å²) in [6.07, 6.45) is 3.28. The van der Waals surface area contributed by atoms with Crippen LogP contribution in [-0.2, 0) is 0 Å². The van der Waals surface area contributed by atoms with Gasteiger partial charge in [-0.15, -0.1) is 5.73 Å². The fraction of sp³-hybridized carbons (Fsp3) is 0.700. The second-order valence-corrected chi connectivity index (χ2v) is 9.11. The van der Waals surface area contributed by atoms with Crippen molar-refractivity contribution in [3.63, 3.8) is 0 Å². The topological polar surface area (TPSA) is 12.0 Å². The van der Waals surface area contributed by atoms with Gasteiger partial charge in [0.25, 0.3) is 0 Å². The second kappa shape index (κ2) is 6.24. The quantitative estimate of drug-likeness (QED) is 0.392. The summed E-state index contributed by atoms with van der Waals surface area (Å²) >= 11 is 0. The molecule has 12 heavy (non-hydrogen) atoms. The normalized spacial score (nSPS) is 10.7. The van der Waals surface area contributed by atoms with Crippen molar-refractivity contribution < 1.29 is 0 Å². The molecule has 2 heteroatoms. The first kappa shape index (κ1) is 11.7. The lowest BCUT2D eigenvalue weighted by Gasteiger charge is -2.04. The Kier molecular flexibility index (Phi) is 6.08. The van der Waals surface area contributed by atoms with Gasteiger partial charge >= 0.3 is 0 Å². The fourth-order valence-corrected chi connectivity index (χ4v) is 1.34. The molecular weight excluding hydrogens is 162 g/mol. The van der Waals surface area contributed by atoms with Gasteiger partial charge in [0, 0.05) is 6.54 Å². The molecule has 0 fully saturated rings. The minimum Gasteiger partial charge on any atom is -0.313 e. The van der Waals surface area contributed by atoms with Crippen LogP contribution in [-0.4, -0.2) is 21.2 Å². The van der Waals surface area contributed by atoms with E-state index in [1.807, 2.05) is 0 Å². The highest BCUT2D eigenvalue weighted by Crippen LogP contribution is 1.99. The molecule has 0 saturated carbocycles. The van der Waals surface area contributed by atoms with Crippen molar-refractivity contribution in [1.82, 2.24) is 5.32 Å². The lowest BCUT2D eigenvalue weighted by Crippen LogP contribution is -2.15. The van der Waals surface area contributed by atoms with Crippen molar-refractivity contribution in [3.05, 3.63) is 17.5 Å². The van der Waals surface area contributed by atoms with Crippen LogP contribution in [0, 0.1) is 0 Å². The van der Waals surface area contributed by atoms with Crippen LogP contribution in [0.25, 0.3) is 0 Å². The van der Waals surface area contributed by atoms with Gasteiger partial charge in [0.1, 0.15) is 0 Å². The number of nitrogens with one attached hydrogen (secondary N) is 1. The Hall–Kier alpha value is -0.303. The van der Waals surface area contributed by atoms with Crippen LogP contribution in [0.3, 0.4) is 0 Å². The number of hydrogen-bond donors (Lipinski definition) is 1.